The smallest absolute Gasteiger partial charge is 0.176 e. The van der Waals surface area contributed by atoms with Crippen LogP contribution >= 0.6 is 15.9 Å². The molecule has 0 bridgehead atoms. The average molecular weight is 283 g/mol. The van der Waals surface area contributed by atoms with E-state index in [0.717, 1.165) is 16.9 Å². The predicted molar refractivity (Wildman–Crippen MR) is 67.7 cm³/mol. The summed E-state index contributed by atoms with van der Waals surface area (Å²) in [5.41, 5.74) is 1.88. The monoisotopic (exact) mass is 282 g/mol. The third kappa shape index (κ3) is 1.88. The van der Waals surface area contributed by atoms with Gasteiger partial charge in [0.15, 0.2) is 5.78 Å². The number of ether oxygens (including phenoxy) is 1. The van der Waals surface area contributed by atoms with Crippen molar-refractivity contribution in [3.63, 3.8) is 0 Å². The van der Waals surface area contributed by atoms with E-state index in [2.05, 4.69) is 29.8 Å². The maximum absolute atomic E-state index is 11.9. The van der Waals surface area contributed by atoms with Crippen LogP contribution in [0.4, 0.5) is 0 Å². The predicted octanol–water partition coefficient (Wildman–Crippen LogP) is 3.32. The minimum Gasteiger partial charge on any atom is -0.492 e. The average Bonchev–Trinajstić information content (AvgIpc) is 2.53. The van der Waals surface area contributed by atoms with Crippen molar-refractivity contribution in [3.05, 3.63) is 29.3 Å². The van der Waals surface area contributed by atoms with E-state index in [1.807, 2.05) is 25.1 Å². The Morgan fingerprint density at radius 2 is 2.19 bits per heavy atom. The number of alkyl halides is 1. The van der Waals surface area contributed by atoms with Gasteiger partial charge in [0.2, 0.25) is 0 Å². The molecule has 0 saturated carbocycles. The minimum absolute atomic E-state index is 0.00116. The topological polar surface area (TPSA) is 26.3 Å². The number of carbonyl (C=O) groups is 1. The Bertz CT molecular complexity index is 436. The SMILES string of the molecule is CC(Br)C(=O)c1ccc2c(c1)C(C)(C)CO2. The van der Waals surface area contributed by atoms with Gasteiger partial charge in [-0.25, -0.2) is 0 Å². The van der Waals surface area contributed by atoms with E-state index < -0.39 is 0 Å². The van der Waals surface area contributed by atoms with Crippen molar-refractivity contribution >= 4 is 21.7 Å². The molecule has 1 aliphatic rings. The zero-order valence-corrected chi connectivity index (χ0v) is 11.3. The number of Topliss-reactive ketones (excluding diaryl/α,β-unsaturated/α-hetero) is 1. The van der Waals surface area contributed by atoms with E-state index in [9.17, 15) is 4.79 Å². The Hall–Kier alpha value is -0.830. The van der Waals surface area contributed by atoms with E-state index in [0.29, 0.717) is 6.61 Å². The van der Waals surface area contributed by atoms with Crippen LogP contribution in [0.3, 0.4) is 0 Å². The number of halogens is 1. The van der Waals surface area contributed by atoms with Crippen molar-refractivity contribution in [3.8, 4) is 5.75 Å². The van der Waals surface area contributed by atoms with Gasteiger partial charge >= 0.3 is 0 Å². The molecule has 3 heteroatoms. The summed E-state index contributed by atoms with van der Waals surface area (Å²) in [4.78, 5) is 11.7. The van der Waals surface area contributed by atoms with Crippen LogP contribution in [0, 0.1) is 0 Å². The number of hydrogen-bond acceptors (Lipinski definition) is 2. The van der Waals surface area contributed by atoms with Crippen molar-refractivity contribution in [2.24, 2.45) is 0 Å². The number of fused-ring (bicyclic) bond motifs is 1. The van der Waals surface area contributed by atoms with Crippen molar-refractivity contribution in [1.29, 1.82) is 0 Å². The third-order valence-electron chi connectivity index (χ3n) is 2.94. The number of hydrogen-bond donors (Lipinski definition) is 0. The third-order valence-corrected chi connectivity index (χ3v) is 3.36. The Labute approximate surface area is 104 Å². The molecular weight excluding hydrogens is 268 g/mol. The molecule has 0 spiro atoms. The van der Waals surface area contributed by atoms with E-state index in [-0.39, 0.29) is 16.0 Å². The van der Waals surface area contributed by atoms with Crippen LogP contribution < -0.4 is 4.74 Å². The normalized spacial score (nSPS) is 18.8. The summed E-state index contributed by atoms with van der Waals surface area (Å²) < 4.78 is 5.59. The molecule has 1 aliphatic heterocycles. The van der Waals surface area contributed by atoms with E-state index in [4.69, 9.17) is 4.74 Å². The van der Waals surface area contributed by atoms with Crippen LogP contribution in [-0.2, 0) is 5.41 Å². The molecule has 1 heterocycles. The Kier molecular flexibility index (Phi) is 2.82. The van der Waals surface area contributed by atoms with Gasteiger partial charge in [0.1, 0.15) is 5.75 Å². The summed E-state index contributed by atoms with van der Waals surface area (Å²) in [5.74, 6) is 1.02. The van der Waals surface area contributed by atoms with E-state index >= 15 is 0 Å². The molecule has 0 aromatic heterocycles. The van der Waals surface area contributed by atoms with Crippen LogP contribution in [0.5, 0.6) is 5.75 Å². The van der Waals surface area contributed by atoms with Gasteiger partial charge in [-0.3, -0.25) is 4.79 Å². The van der Waals surface area contributed by atoms with Crippen molar-refractivity contribution in [2.75, 3.05) is 6.61 Å². The highest BCUT2D eigenvalue weighted by atomic mass is 79.9. The Balaban J connectivity index is 2.44. The molecule has 0 fully saturated rings. The lowest BCUT2D eigenvalue weighted by Gasteiger charge is -2.15. The number of carbonyl (C=O) groups excluding carboxylic acids is 1. The maximum atomic E-state index is 11.9. The summed E-state index contributed by atoms with van der Waals surface area (Å²) >= 11 is 3.30. The second-order valence-corrected chi connectivity index (χ2v) is 6.24. The first-order chi connectivity index (χ1) is 7.42. The number of rotatable bonds is 2. The lowest BCUT2D eigenvalue weighted by Crippen LogP contribution is -2.19. The quantitative estimate of drug-likeness (QED) is 0.614. The number of benzene rings is 1. The largest absolute Gasteiger partial charge is 0.492 e. The fourth-order valence-electron chi connectivity index (χ4n) is 1.90. The fraction of sp³-hybridized carbons (Fsp3) is 0.462. The van der Waals surface area contributed by atoms with Crippen LogP contribution in [0.15, 0.2) is 18.2 Å². The molecule has 0 saturated heterocycles. The number of ketones is 1. The second-order valence-electron chi connectivity index (χ2n) is 4.86. The van der Waals surface area contributed by atoms with Crippen molar-refractivity contribution < 1.29 is 9.53 Å². The molecule has 0 radical (unpaired) electrons. The van der Waals surface area contributed by atoms with Crippen LogP contribution in [0.2, 0.25) is 0 Å². The highest BCUT2D eigenvalue weighted by molar-refractivity contribution is 9.10. The molecule has 0 N–H and O–H groups in total. The molecular formula is C13H15BrO2. The summed E-state index contributed by atoms with van der Waals surface area (Å²) in [5, 5.41) is 0. The minimum atomic E-state index is -0.143. The van der Waals surface area contributed by atoms with E-state index in [1.54, 1.807) is 0 Å². The van der Waals surface area contributed by atoms with Gasteiger partial charge in [-0.05, 0) is 25.1 Å². The van der Waals surface area contributed by atoms with E-state index in [1.165, 1.54) is 0 Å². The highest BCUT2D eigenvalue weighted by Crippen LogP contribution is 2.38. The van der Waals surface area contributed by atoms with Gasteiger partial charge in [0.05, 0.1) is 11.4 Å². The molecule has 0 amide bonds. The summed E-state index contributed by atoms with van der Waals surface area (Å²) in [7, 11) is 0. The Morgan fingerprint density at radius 1 is 1.50 bits per heavy atom. The van der Waals surface area contributed by atoms with Gasteiger partial charge in [0.25, 0.3) is 0 Å². The molecule has 1 aromatic rings. The summed E-state index contributed by atoms with van der Waals surface area (Å²) in [6.45, 7) is 6.79. The highest BCUT2D eigenvalue weighted by Gasteiger charge is 2.32. The molecule has 1 atom stereocenters. The summed E-state index contributed by atoms with van der Waals surface area (Å²) in [6.07, 6.45) is 0. The van der Waals surface area contributed by atoms with Crippen molar-refractivity contribution in [2.45, 2.75) is 31.0 Å². The summed E-state index contributed by atoms with van der Waals surface area (Å²) in [6, 6.07) is 5.69. The van der Waals surface area contributed by atoms with Crippen molar-refractivity contribution in [1.82, 2.24) is 0 Å². The molecule has 86 valence electrons. The molecule has 1 aromatic carbocycles. The zero-order valence-electron chi connectivity index (χ0n) is 9.71. The fourth-order valence-corrected chi connectivity index (χ4v) is 2.17. The van der Waals surface area contributed by atoms with Gasteiger partial charge in [-0.2, -0.15) is 0 Å². The zero-order chi connectivity index (χ0) is 11.9. The first kappa shape index (κ1) is 11.6. The van der Waals surface area contributed by atoms with Gasteiger partial charge in [-0.15, -0.1) is 0 Å². The second kappa shape index (κ2) is 3.88. The molecule has 0 aliphatic carbocycles. The first-order valence-electron chi connectivity index (χ1n) is 5.37. The lowest BCUT2D eigenvalue weighted by atomic mass is 9.85. The molecule has 1 unspecified atom stereocenters. The maximum Gasteiger partial charge on any atom is 0.176 e. The molecule has 16 heavy (non-hydrogen) atoms. The van der Waals surface area contributed by atoms with Crippen LogP contribution in [0.1, 0.15) is 36.7 Å². The molecule has 2 nitrogen and oxygen atoms in total. The van der Waals surface area contributed by atoms with Gasteiger partial charge in [0, 0.05) is 16.5 Å². The van der Waals surface area contributed by atoms with Gasteiger partial charge in [-0.1, -0.05) is 29.8 Å². The van der Waals surface area contributed by atoms with Crippen LogP contribution in [0.25, 0.3) is 0 Å². The van der Waals surface area contributed by atoms with Gasteiger partial charge < -0.3 is 4.74 Å². The van der Waals surface area contributed by atoms with Crippen LogP contribution in [-0.4, -0.2) is 17.2 Å². The standard InChI is InChI=1S/C13H15BrO2/c1-8(14)12(15)9-4-5-11-10(6-9)13(2,3)7-16-11/h4-6,8H,7H2,1-3H3. The first-order valence-corrected chi connectivity index (χ1v) is 6.29. The molecule has 2 rings (SSSR count). The lowest BCUT2D eigenvalue weighted by molar-refractivity contribution is 0.0996. The Morgan fingerprint density at radius 3 is 2.81 bits per heavy atom.